The van der Waals surface area contributed by atoms with Gasteiger partial charge in [0.25, 0.3) is 0 Å². The fraction of sp³-hybridized carbons (Fsp3) is 0.842. The molecule has 1 heterocycles. The third-order valence-electron chi connectivity index (χ3n) is 4.32. The van der Waals surface area contributed by atoms with Crippen LogP contribution in [0.3, 0.4) is 0 Å². The molecule has 2 heteroatoms. The largest absolute Gasteiger partial charge is 0.431 e. The number of allylic oxidation sites excluding steroid dienone is 1. The van der Waals surface area contributed by atoms with E-state index >= 15 is 0 Å². The number of hydrogen-bond acceptors (Lipinski definition) is 2. The van der Waals surface area contributed by atoms with Crippen LogP contribution in [0.1, 0.15) is 97.3 Å². The maximum Gasteiger partial charge on any atom is 0.317 e. The predicted octanol–water partition coefficient (Wildman–Crippen LogP) is 6.15. The van der Waals surface area contributed by atoms with E-state index in [0.717, 1.165) is 18.6 Å². The van der Waals surface area contributed by atoms with Crippen molar-refractivity contribution in [1.82, 2.24) is 0 Å². The van der Waals surface area contributed by atoms with Crippen LogP contribution in [0.5, 0.6) is 0 Å². The van der Waals surface area contributed by atoms with Crippen molar-refractivity contribution in [2.75, 3.05) is 0 Å². The molecule has 0 aliphatic carbocycles. The summed E-state index contributed by atoms with van der Waals surface area (Å²) in [5.74, 6) is 0.792. The van der Waals surface area contributed by atoms with Gasteiger partial charge in [0.05, 0.1) is 5.92 Å². The molecule has 0 saturated carbocycles. The molecule has 0 amide bonds. The highest BCUT2D eigenvalue weighted by molar-refractivity contribution is 5.77. The van der Waals surface area contributed by atoms with Crippen LogP contribution in [-0.4, -0.2) is 5.97 Å². The highest BCUT2D eigenvalue weighted by Crippen LogP contribution is 2.22. The zero-order valence-electron chi connectivity index (χ0n) is 14.2. The summed E-state index contributed by atoms with van der Waals surface area (Å²) in [6.07, 6.45) is 19.3. The van der Waals surface area contributed by atoms with E-state index in [0.29, 0.717) is 0 Å². The summed E-state index contributed by atoms with van der Waals surface area (Å²) in [5.41, 5.74) is 0. The fourth-order valence-corrected chi connectivity index (χ4v) is 2.88. The SMILES string of the molecule is CCCCCCCCCCCCCCC1=CC(C)C(=O)O1. The van der Waals surface area contributed by atoms with Gasteiger partial charge >= 0.3 is 5.97 Å². The highest BCUT2D eigenvalue weighted by atomic mass is 16.5. The first-order chi connectivity index (χ1) is 10.2. The van der Waals surface area contributed by atoms with Gasteiger partial charge in [-0.1, -0.05) is 77.6 Å². The topological polar surface area (TPSA) is 26.3 Å². The van der Waals surface area contributed by atoms with Gasteiger partial charge in [-0.05, 0) is 19.4 Å². The molecule has 0 spiro atoms. The van der Waals surface area contributed by atoms with Crippen LogP contribution in [0.25, 0.3) is 0 Å². The smallest absolute Gasteiger partial charge is 0.317 e. The van der Waals surface area contributed by atoms with Gasteiger partial charge in [0.2, 0.25) is 0 Å². The minimum atomic E-state index is -0.0797. The number of hydrogen-bond donors (Lipinski definition) is 0. The second-order valence-corrected chi connectivity index (χ2v) is 6.48. The average Bonchev–Trinajstić information content (AvgIpc) is 2.79. The molecule has 2 nitrogen and oxygen atoms in total. The standard InChI is InChI=1S/C19H34O2/c1-3-4-5-6-7-8-9-10-11-12-13-14-15-18-16-17(2)19(20)21-18/h16-17H,3-15H2,1-2H3. The Morgan fingerprint density at radius 2 is 1.33 bits per heavy atom. The minimum absolute atomic E-state index is 0.0303. The van der Waals surface area contributed by atoms with Gasteiger partial charge in [-0.3, -0.25) is 4.79 Å². The summed E-state index contributed by atoms with van der Waals surface area (Å²) in [5, 5.41) is 0. The molecule has 0 aromatic heterocycles. The van der Waals surface area contributed by atoms with Crippen molar-refractivity contribution in [3.05, 3.63) is 11.8 Å². The minimum Gasteiger partial charge on any atom is -0.431 e. The monoisotopic (exact) mass is 294 g/mol. The van der Waals surface area contributed by atoms with Crippen molar-refractivity contribution < 1.29 is 9.53 Å². The van der Waals surface area contributed by atoms with E-state index in [4.69, 9.17) is 4.74 Å². The van der Waals surface area contributed by atoms with Crippen molar-refractivity contribution >= 4 is 5.97 Å². The zero-order valence-corrected chi connectivity index (χ0v) is 14.2. The van der Waals surface area contributed by atoms with Gasteiger partial charge in [-0.15, -0.1) is 0 Å². The molecule has 1 aliphatic heterocycles. The third kappa shape index (κ3) is 8.95. The van der Waals surface area contributed by atoms with Crippen molar-refractivity contribution in [3.63, 3.8) is 0 Å². The van der Waals surface area contributed by atoms with E-state index in [9.17, 15) is 4.79 Å². The van der Waals surface area contributed by atoms with E-state index in [-0.39, 0.29) is 11.9 Å². The first kappa shape index (κ1) is 18.3. The summed E-state index contributed by atoms with van der Waals surface area (Å²) >= 11 is 0. The summed E-state index contributed by atoms with van der Waals surface area (Å²) in [6.45, 7) is 4.17. The molecule has 0 saturated heterocycles. The molecule has 0 fully saturated rings. The maximum absolute atomic E-state index is 11.2. The van der Waals surface area contributed by atoms with Gasteiger partial charge < -0.3 is 4.74 Å². The molecule has 1 atom stereocenters. The maximum atomic E-state index is 11.2. The summed E-state index contributed by atoms with van der Waals surface area (Å²) in [4.78, 5) is 11.2. The van der Waals surface area contributed by atoms with E-state index in [1.165, 1.54) is 70.6 Å². The lowest BCUT2D eigenvalue weighted by atomic mass is 10.0. The average molecular weight is 294 g/mol. The zero-order chi connectivity index (χ0) is 15.3. The van der Waals surface area contributed by atoms with E-state index < -0.39 is 0 Å². The van der Waals surface area contributed by atoms with Crippen molar-refractivity contribution in [2.45, 2.75) is 97.3 Å². The Labute approximate surface area is 131 Å². The number of cyclic esters (lactones) is 1. The van der Waals surface area contributed by atoms with E-state index in [1.54, 1.807) is 0 Å². The van der Waals surface area contributed by atoms with Gasteiger partial charge in [0, 0.05) is 6.42 Å². The van der Waals surface area contributed by atoms with E-state index in [1.807, 2.05) is 13.0 Å². The Morgan fingerprint density at radius 1 is 0.857 bits per heavy atom. The van der Waals surface area contributed by atoms with Crippen LogP contribution in [0.15, 0.2) is 11.8 Å². The fourth-order valence-electron chi connectivity index (χ4n) is 2.88. The summed E-state index contributed by atoms with van der Waals surface area (Å²) in [7, 11) is 0. The molecule has 0 bridgehead atoms. The first-order valence-electron chi connectivity index (χ1n) is 9.16. The molecular weight excluding hydrogens is 260 g/mol. The molecule has 0 aromatic carbocycles. The second-order valence-electron chi connectivity index (χ2n) is 6.48. The number of carbonyl (C=O) groups is 1. The van der Waals surface area contributed by atoms with Gasteiger partial charge in [0.1, 0.15) is 5.76 Å². The van der Waals surface area contributed by atoms with Gasteiger partial charge in [-0.25, -0.2) is 0 Å². The Bertz CT molecular complexity index is 307. The molecule has 21 heavy (non-hydrogen) atoms. The van der Waals surface area contributed by atoms with Crippen molar-refractivity contribution in [2.24, 2.45) is 5.92 Å². The van der Waals surface area contributed by atoms with Crippen LogP contribution < -0.4 is 0 Å². The normalized spacial score (nSPS) is 17.9. The Kier molecular flexibility index (Phi) is 10.3. The number of carbonyl (C=O) groups excluding carboxylic acids is 1. The molecule has 1 rings (SSSR count). The molecule has 0 radical (unpaired) electrons. The molecule has 0 aromatic rings. The van der Waals surface area contributed by atoms with E-state index in [2.05, 4.69) is 6.92 Å². The molecule has 1 aliphatic rings. The Morgan fingerprint density at radius 3 is 1.76 bits per heavy atom. The third-order valence-corrected chi connectivity index (χ3v) is 4.32. The van der Waals surface area contributed by atoms with Gasteiger partial charge in [0.15, 0.2) is 0 Å². The second kappa shape index (κ2) is 11.8. The Hall–Kier alpha value is -0.790. The highest BCUT2D eigenvalue weighted by Gasteiger charge is 2.21. The quantitative estimate of drug-likeness (QED) is 0.300. The van der Waals surface area contributed by atoms with Crippen LogP contribution in [-0.2, 0) is 9.53 Å². The van der Waals surface area contributed by atoms with Crippen LogP contribution >= 0.6 is 0 Å². The van der Waals surface area contributed by atoms with Crippen LogP contribution in [0.2, 0.25) is 0 Å². The Balaban J connectivity index is 1.79. The molecule has 1 unspecified atom stereocenters. The number of rotatable bonds is 13. The lowest BCUT2D eigenvalue weighted by Gasteiger charge is -2.03. The predicted molar refractivity (Wildman–Crippen MR) is 89.0 cm³/mol. The summed E-state index contributed by atoms with van der Waals surface area (Å²) in [6, 6.07) is 0. The van der Waals surface area contributed by atoms with Gasteiger partial charge in [-0.2, -0.15) is 0 Å². The van der Waals surface area contributed by atoms with Crippen LogP contribution in [0.4, 0.5) is 0 Å². The number of esters is 1. The van der Waals surface area contributed by atoms with Crippen molar-refractivity contribution in [1.29, 1.82) is 0 Å². The number of unbranched alkanes of at least 4 members (excludes halogenated alkanes) is 11. The lowest BCUT2D eigenvalue weighted by molar-refractivity contribution is -0.139. The molecule has 122 valence electrons. The van der Waals surface area contributed by atoms with Crippen molar-refractivity contribution in [3.8, 4) is 0 Å². The lowest BCUT2D eigenvalue weighted by Crippen LogP contribution is -2.03. The number of ether oxygens (including phenoxy) is 1. The van der Waals surface area contributed by atoms with Crippen LogP contribution in [0, 0.1) is 5.92 Å². The molecular formula is C19H34O2. The first-order valence-corrected chi connectivity index (χ1v) is 9.16. The summed E-state index contributed by atoms with van der Waals surface area (Å²) < 4.78 is 5.20. The molecule has 0 N–H and O–H groups in total.